The summed E-state index contributed by atoms with van der Waals surface area (Å²) in [7, 11) is 0. The van der Waals surface area contributed by atoms with Gasteiger partial charge in [-0.05, 0) is 31.0 Å². The van der Waals surface area contributed by atoms with E-state index in [2.05, 4.69) is 5.32 Å². The van der Waals surface area contributed by atoms with Crippen molar-refractivity contribution < 1.29 is 9.59 Å². The zero-order valence-corrected chi connectivity index (χ0v) is 12.2. The zero-order valence-electron chi connectivity index (χ0n) is 10.7. The molecule has 7 heteroatoms. The summed E-state index contributed by atoms with van der Waals surface area (Å²) in [6, 6.07) is 4.55. The number of benzene rings is 1. The molecular weight excluding hydrogens is 301 g/mol. The number of rotatable bonds is 2. The quantitative estimate of drug-likeness (QED) is 0.880. The Morgan fingerprint density at radius 1 is 1.35 bits per heavy atom. The van der Waals surface area contributed by atoms with Crippen LogP contribution >= 0.6 is 23.2 Å². The van der Waals surface area contributed by atoms with Gasteiger partial charge in [0.1, 0.15) is 0 Å². The zero-order chi connectivity index (χ0) is 14.7. The van der Waals surface area contributed by atoms with Gasteiger partial charge in [0.25, 0.3) is 0 Å². The highest BCUT2D eigenvalue weighted by atomic mass is 35.5. The first-order chi connectivity index (χ1) is 9.47. The topological polar surface area (TPSA) is 75.4 Å². The van der Waals surface area contributed by atoms with Gasteiger partial charge in [-0.25, -0.2) is 4.79 Å². The summed E-state index contributed by atoms with van der Waals surface area (Å²) in [5, 5.41) is 3.58. The van der Waals surface area contributed by atoms with Gasteiger partial charge in [0.15, 0.2) is 0 Å². The van der Waals surface area contributed by atoms with Crippen LogP contribution in [0.1, 0.15) is 12.8 Å². The number of nitrogens with zero attached hydrogens (tertiary/aromatic N) is 1. The third kappa shape index (κ3) is 3.55. The highest BCUT2D eigenvalue weighted by Gasteiger charge is 2.27. The van der Waals surface area contributed by atoms with E-state index in [4.69, 9.17) is 28.9 Å². The summed E-state index contributed by atoms with van der Waals surface area (Å²) in [5.41, 5.74) is 5.78. The molecule has 0 saturated carbocycles. The highest BCUT2D eigenvalue weighted by molar-refractivity contribution is 6.36. The van der Waals surface area contributed by atoms with Crippen molar-refractivity contribution in [3.63, 3.8) is 0 Å². The van der Waals surface area contributed by atoms with Crippen LogP contribution in [-0.2, 0) is 4.79 Å². The molecule has 3 amide bonds. The van der Waals surface area contributed by atoms with Crippen LogP contribution in [0, 0.1) is 5.92 Å². The van der Waals surface area contributed by atoms with Gasteiger partial charge >= 0.3 is 6.03 Å². The Bertz CT molecular complexity index is 536. The van der Waals surface area contributed by atoms with Crippen molar-refractivity contribution in [3.8, 4) is 0 Å². The second kappa shape index (κ2) is 6.33. The SMILES string of the molecule is NC(=O)C1CCCN(C(=O)Nc2ccc(Cl)cc2Cl)C1. The third-order valence-electron chi connectivity index (χ3n) is 3.28. The maximum atomic E-state index is 12.1. The number of anilines is 1. The number of nitrogens with one attached hydrogen (secondary N) is 1. The maximum absolute atomic E-state index is 12.1. The average molecular weight is 316 g/mol. The molecule has 1 saturated heterocycles. The minimum absolute atomic E-state index is 0.282. The fraction of sp³-hybridized carbons (Fsp3) is 0.385. The lowest BCUT2D eigenvalue weighted by Gasteiger charge is -2.31. The summed E-state index contributed by atoms with van der Waals surface area (Å²) in [4.78, 5) is 24.9. The fourth-order valence-corrected chi connectivity index (χ4v) is 2.63. The van der Waals surface area contributed by atoms with E-state index in [-0.39, 0.29) is 17.9 Å². The molecule has 1 aromatic carbocycles. The van der Waals surface area contributed by atoms with Gasteiger partial charge in [-0.15, -0.1) is 0 Å². The van der Waals surface area contributed by atoms with E-state index in [9.17, 15) is 9.59 Å². The van der Waals surface area contributed by atoms with Gasteiger partial charge in [0.2, 0.25) is 5.91 Å². The molecular formula is C13H15Cl2N3O2. The summed E-state index contributed by atoms with van der Waals surface area (Å²) < 4.78 is 0. The van der Waals surface area contributed by atoms with E-state index in [0.29, 0.717) is 28.8 Å². The van der Waals surface area contributed by atoms with E-state index in [1.165, 1.54) is 0 Å². The van der Waals surface area contributed by atoms with E-state index in [0.717, 1.165) is 12.8 Å². The van der Waals surface area contributed by atoms with Gasteiger partial charge in [0.05, 0.1) is 16.6 Å². The normalized spacial score (nSPS) is 18.7. The Hall–Kier alpha value is -1.46. The number of halogens is 2. The Balaban J connectivity index is 2.02. The number of likely N-dealkylation sites (tertiary alicyclic amines) is 1. The Morgan fingerprint density at radius 2 is 2.10 bits per heavy atom. The van der Waals surface area contributed by atoms with Gasteiger partial charge in [-0.3, -0.25) is 4.79 Å². The molecule has 0 radical (unpaired) electrons. The molecule has 20 heavy (non-hydrogen) atoms. The number of hydrogen-bond acceptors (Lipinski definition) is 2. The molecule has 3 N–H and O–H groups in total. The largest absolute Gasteiger partial charge is 0.369 e. The molecule has 2 rings (SSSR count). The second-order valence-corrected chi connectivity index (χ2v) is 5.59. The van der Waals surface area contributed by atoms with Crippen LogP contribution in [-0.4, -0.2) is 29.9 Å². The van der Waals surface area contributed by atoms with Crippen molar-refractivity contribution in [1.29, 1.82) is 0 Å². The van der Waals surface area contributed by atoms with E-state index >= 15 is 0 Å². The average Bonchev–Trinajstić information content (AvgIpc) is 2.42. The molecule has 108 valence electrons. The van der Waals surface area contributed by atoms with E-state index in [1.807, 2.05) is 0 Å². The number of amides is 3. The number of piperidine rings is 1. The molecule has 1 aromatic rings. The highest BCUT2D eigenvalue weighted by Crippen LogP contribution is 2.26. The van der Waals surface area contributed by atoms with E-state index in [1.54, 1.807) is 23.1 Å². The van der Waals surface area contributed by atoms with Crippen molar-refractivity contribution in [2.75, 3.05) is 18.4 Å². The lowest BCUT2D eigenvalue weighted by molar-refractivity contribution is -0.123. The number of carbonyl (C=O) groups excluding carboxylic acids is 2. The molecule has 0 bridgehead atoms. The predicted octanol–water partition coefficient (Wildman–Crippen LogP) is 2.72. The number of nitrogens with two attached hydrogens (primary N) is 1. The van der Waals surface area contributed by atoms with Crippen molar-refractivity contribution in [2.24, 2.45) is 11.7 Å². The Kier molecular flexibility index (Phi) is 4.73. The maximum Gasteiger partial charge on any atom is 0.321 e. The van der Waals surface area contributed by atoms with Gasteiger partial charge < -0.3 is 16.0 Å². The number of primary amides is 1. The number of hydrogen-bond donors (Lipinski definition) is 2. The van der Waals surface area contributed by atoms with Crippen molar-refractivity contribution in [2.45, 2.75) is 12.8 Å². The third-order valence-corrected chi connectivity index (χ3v) is 3.83. The molecule has 1 aliphatic rings. The second-order valence-electron chi connectivity index (χ2n) is 4.74. The lowest BCUT2D eigenvalue weighted by atomic mass is 9.98. The summed E-state index contributed by atoms with van der Waals surface area (Å²) in [6.07, 6.45) is 1.48. The monoisotopic (exact) mass is 315 g/mol. The standard InChI is InChI=1S/C13H15Cl2N3O2/c14-9-3-4-11(10(15)6-9)17-13(20)18-5-1-2-8(7-18)12(16)19/h3-4,6,8H,1-2,5,7H2,(H2,16,19)(H,17,20). The van der Waals surface area contributed by atoms with Crippen molar-refractivity contribution in [3.05, 3.63) is 28.2 Å². The molecule has 5 nitrogen and oxygen atoms in total. The van der Waals surface area contributed by atoms with Crippen LogP contribution in [0.5, 0.6) is 0 Å². The molecule has 1 unspecified atom stereocenters. The Morgan fingerprint density at radius 3 is 2.75 bits per heavy atom. The minimum Gasteiger partial charge on any atom is -0.369 e. The van der Waals surface area contributed by atoms with Crippen LogP contribution in [0.3, 0.4) is 0 Å². The summed E-state index contributed by atoms with van der Waals surface area (Å²) in [5.74, 6) is -0.651. The summed E-state index contributed by atoms with van der Waals surface area (Å²) >= 11 is 11.8. The molecule has 1 aliphatic heterocycles. The van der Waals surface area contributed by atoms with Gasteiger partial charge in [-0.1, -0.05) is 23.2 Å². The van der Waals surface area contributed by atoms with Gasteiger partial charge in [-0.2, -0.15) is 0 Å². The van der Waals surface area contributed by atoms with Crippen LogP contribution in [0.2, 0.25) is 10.0 Å². The van der Waals surface area contributed by atoms with Crippen LogP contribution in [0.25, 0.3) is 0 Å². The molecule has 1 heterocycles. The molecule has 1 fully saturated rings. The van der Waals surface area contributed by atoms with Crippen molar-refractivity contribution in [1.82, 2.24) is 4.90 Å². The first-order valence-electron chi connectivity index (χ1n) is 6.27. The minimum atomic E-state index is -0.368. The molecule has 0 spiro atoms. The molecule has 0 aromatic heterocycles. The molecule has 1 atom stereocenters. The number of carbonyl (C=O) groups is 2. The first kappa shape index (κ1) is 14.9. The van der Waals surface area contributed by atoms with Crippen molar-refractivity contribution >= 4 is 40.8 Å². The van der Waals surface area contributed by atoms with E-state index < -0.39 is 0 Å². The first-order valence-corrected chi connectivity index (χ1v) is 7.03. The Labute approximate surface area is 127 Å². The predicted molar refractivity (Wildman–Crippen MR) is 79.0 cm³/mol. The van der Waals surface area contributed by atoms with Gasteiger partial charge in [0, 0.05) is 18.1 Å². The summed E-state index contributed by atoms with van der Waals surface area (Å²) in [6.45, 7) is 0.938. The van der Waals surface area contributed by atoms with Crippen LogP contribution in [0.15, 0.2) is 18.2 Å². The molecule has 0 aliphatic carbocycles. The lowest BCUT2D eigenvalue weighted by Crippen LogP contribution is -2.45. The number of urea groups is 1. The van der Waals surface area contributed by atoms with Crippen LogP contribution < -0.4 is 11.1 Å². The van der Waals surface area contributed by atoms with Crippen LogP contribution in [0.4, 0.5) is 10.5 Å². The smallest absolute Gasteiger partial charge is 0.321 e. The fourth-order valence-electron chi connectivity index (χ4n) is 2.18.